The minimum atomic E-state index is -0.412. The van der Waals surface area contributed by atoms with E-state index in [2.05, 4.69) is 6.92 Å². The predicted octanol–water partition coefficient (Wildman–Crippen LogP) is 2.29. The lowest BCUT2D eigenvalue weighted by Crippen LogP contribution is -2.36. The topological polar surface area (TPSA) is 60.2 Å². The molecule has 0 aromatic carbocycles. The molecule has 0 aliphatic heterocycles. The molecule has 3 aliphatic carbocycles. The molecule has 0 heterocycles. The molecule has 94 valence electrons. The van der Waals surface area contributed by atoms with Crippen molar-refractivity contribution in [2.75, 3.05) is 0 Å². The molecule has 0 radical (unpaired) electrons. The van der Waals surface area contributed by atoms with Crippen molar-refractivity contribution in [3.8, 4) is 0 Å². The second-order valence-corrected chi connectivity index (χ2v) is 6.01. The summed E-state index contributed by atoms with van der Waals surface area (Å²) in [4.78, 5) is 23.4. The smallest absolute Gasteiger partial charge is 0.219 e. The Balaban J connectivity index is 1.87. The summed E-state index contributed by atoms with van der Waals surface area (Å²) in [6.07, 6.45) is 4.72. The van der Waals surface area contributed by atoms with Crippen LogP contribution in [0, 0.1) is 39.7 Å². The van der Waals surface area contributed by atoms with Crippen molar-refractivity contribution in [3.05, 3.63) is 10.1 Å². The lowest BCUT2D eigenvalue weighted by Gasteiger charge is -2.23. The SMILES string of the molecule is CCCCC1C(=O)C2CC3CC2C1C3[N+](=O)[O-]. The van der Waals surface area contributed by atoms with Gasteiger partial charge in [-0.15, -0.1) is 0 Å². The first-order valence-electron chi connectivity index (χ1n) is 6.82. The van der Waals surface area contributed by atoms with Gasteiger partial charge < -0.3 is 0 Å². The molecule has 3 aliphatic rings. The summed E-state index contributed by atoms with van der Waals surface area (Å²) in [6.45, 7) is 2.11. The first-order valence-corrected chi connectivity index (χ1v) is 6.82. The number of hydrogen-bond acceptors (Lipinski definition) is 3. The third-order valence-corrected chi connectivity index (χ3v) is 5.33. The van der Waals surface area contributed by atoms with Crippen molar-refractivity contribution < 1.29 is 9.72 Å². The van der Waals surface area contributed by atoms with Crippen molar-refractivity contribution in [2.45, 2.75) is 45.1 Å². The molecule has 0 spiro atoms. The number of rotatable bonds is 4. The van der Waals surface area contributed by atoms with Gasteiger partial charge in [0.05, 0.1) is 0 Å². The van der Waals surface area contributed by atoms with E-state index in [-0.39, 0.29) is 28.6 Å². The maximum absolute atomic E-state index is 12.3. The fraction of sp³-hybridized carbons (Fsp3) is 0.923. The van der Waals surface area contributed by atoms with Gasteiger partial charge in [-0.1, -0.05) is 19.8 Å². The average molecular weight is 237 g/mol. The highest BCUT2D eigenvalue weighted by atomic mass is 16.6. The van der Waals surface area contributed by atoms with Gasteiger partial charge in [-0.2, -0.15) is 0 Å². The average Bonchev–Trinajstić information content (AvgIpc) is 2.89. The molecule has 4 heteroatoms. The summed E-state index contributed by atoms with van der Waals surface area (Å²) in [5, 5.41) is 11.2. The first kappa shape index (κ1) is 11.2. The number of unbranched alkanes of at least 4 members (excludes halogenated alkanes) is 1. The van der Waals surface area contributed by atoms with E-state index in [9.17, 15) is 14.9 Å². The Morgan fingerprint density at radius 1 is 1.41 bits per heavy atom. The highest BCUT2D eigenvalue weighted by Gasteiger charge is 2.67. The molecular formula is C13H19NO3. The van der Waals surface area contributed by atoms with Crippen LogP contribution in [0.2, 0.25) is 0 Å². The lowest BCUT2D eigenvalue weighted by molar-refractivity contribution is -0.540. The first-order chi connectivity index (χ1) is 8.15. The van der Waals surface area contributed by atoms with Crippen LogP contribution in [0.15, 0.2) is 0 Å². The largest absolute Gasteiger partial charge is 0.299 e. The van der Waals surface area contributed by atoms with Gasteiger partial charge in [0.1, 0.15) is 5.78 Å². The summed E-state index contributed by atoms with van der Waals surface area (Å²) in [5.41, 5.74) is 0. The molecule has 3 saturated carbocycles. The van der Waals surface area contributed by atoms with E-state index in [4.69, 9.17) is 0 Å². The van der Waals surface area contributed by atoms with Gasteiger partial charge in [0.25, 0.3) is 0 Å². The van der Waals surface area contributed by atoms with Crippen LogP contribution in [-0.2, 0) is 4.79 Å². The van der Waals surface area contributed by atoms with E-state index in [1.54, 1.807) is 0 Å². The number of ketones is 1. The van der Waals surface area contributed by atoms with Gasteiger partial charge in [0.15, 0.2) is 0 Å². The van der Waals surface area contributed by atoms with Crippen LogP contribution in [0.5, 0.6) is 0 Å². The molecule has 3 rings (SSSR count). The van der Waals surface area contributed by atoms with Crippen molar-refractivity contribution >= 4 is 5.78 Å². The van der Waals surface area contributed by atoms with Crippen molar-refractivity contribution in [2.24, 2.45) is 29.6 Å². The van der Waals surface area contributed by atoms with E-state index >= 15 is 0 Å². The van der Waals surface area contributed by atoms with Crippen LogP contribution >= 0.6 is 0 Å². The van der Waals surface area contributed by atoms with Crippen molar-refractivity contribution in [1.29, 1.82) is 0 Å². The number of carbonyl (C=O) groups is 1. The number of Topliss-reactive ketones (excluding diaryl/α,β-unsaturated/α-hetero) is 1. The van der Waals surface area contributed by atoms with E-state index in [0.717, 1.165) is 32.1 Å². The number of nitrogens with zero attached hydrogens (tertiary/aromatic N) is 1. The zero-order chi connectivity index (χ0) is 12.2. The molecule has 6 unspecified atom stereocenters. The standard InChI is InChI=1S/C13H19NO3/c1-2-3-4-8-11-9-5-7(12(11)14(16)17)6-10(9)13(8)15/h7-12H,2-6H2,1H3. The summed E-state index contributed by atoms with van der Waals surface area (Å²) in [7, 11) is 0. The van der Waals surface area contributed by atoms with Gasteiger partial charge in [-0.25, -0.2) is 0 Å². The Labute approximate surface area is 101 Å². The maximum atomic E-state index is 12.3. The fourth-order valence-electron chi connectivity index (χ4n) is 4.78. The van der Waals surface area contributed by atoms with E-state index in [1.807, 2.05) is 0 Å². The third-order valence-electron chi connectivity index (χ3n) is 5.33. The molecule has 4 nitrogen and oxygen atoms in total. The van der Waals surface area contributed by atoms with Crippen molar-refractivity contribution in [3.63, 3.8) is 0 Å². The van der Waals surface area contributed by atoms with Gasteiger partial charge in [-0.05, 0) is 25.2 Å². The number of carbonyl (C=O) groups excluding carboxylic acids is 1. The Bertz CT molecular complexity index is 368. The van der Waals surface area contributed by atoms with Crippen LogP contribution in [0.1, 0.15) is 39.0 Å². The Hall–Kier alpha value is -0.930. The second-order valence-electron chi connectivity index (χ2n) is 6.01. The monoisotopic (exact) mass is 237 g/mol. The zero-order valence-electron chi connectivity index (χ0n) is 10.2. The van der Waals surface area contributed by atoms with Gasteiger partial charge in [0, 0.05) is 28.6 Å². The minimum absolute atomic E-state index is 0.00727. The van der Waals surface area contributed by atoms with Crippen molar-refractivity contribution in [1.82, 2.24) is 0 Å². The normalized spacial score (nSPS) is 46.8. The fourth-order valence-corrected chi connectivity index (χ4v) is 4.78. The van der Waals surface area contributed by atoms with Crippen LogP contribution in [-0.4, -0.2) is 16.7 Å². The van der Waals surface area contributed by atoms with E-state index in [1.165, 1.54) is 0 Å². The van der Waals surface area contributed by atoms with E-state index < -0.39 is 6.04 Å². The lowest BCUT2D eigenvalue weighted by atomic mass is 9.81. The van der Waals surface area contributed by atoms with E-state index in [0.29, 0.717) is 11.7 Å². The highest BCUT2D eigenvalue weighted by molar-refractivity contribution is 5.87. The molecular weight excluding hydrogens is 218 g/mol. The Kier molecular flexibility index (Phi) is 2.49. The second kappa shape index (κ2) is 3.79. The number of nitro groups is 1. The quantitative estimate of drug-likeness (QED) is 0.556. The molecule has 6 atom stereocenters. The summed E-state index contributed by atoms with van der Waals surface area (Å²) >= 11 is 0. The number of fused-ring (bicyclic) bond motifs is 1. The van der Waals surface area contributed by atoms with Crippen LogP contribution < -0.4 is 0 Å². The third kappa shape index (κ3) is 1.39. The summed E-state index contributed by atoms with van der Waals surface area (Å²) in [6, 6.07) is -0.412. The molecule has 0 saturated heterocycles. The predicted molar refractivity (Wildman–Crippen MR) is 62.0 cm³/mol. The molecule has 2 bridgehead atoms. The van der Waals surface area contributed by atoms with Gasteiger partial charge >= 0.3 is 0 Å². The number of hydrogen-bond donors (Lipinski definition) is 0. The van der Waals surface area contributed by atoms with Gasteiger partial charge in [0.2, 0.25) is 6.04 Å². The Morgan fingerprint density at radius 3 is 2.82 bits per heavy atom. The molecule has 0 N–H and O–H groups in total. The molecule has 17 heavy (non-hydrogen) atoms. The zero-order valence-corrected chi connectivity index (χ0v) is 10.2. The molecule has 3 fully saturated rings. The Morgan fingerprint density at radius 2 is 2.18 bits per heavy atom. The van der Waals surface area contributed by atoms with Crippen LogP contribution in [0.3, 0.4) is 0 Å². The van der Waals surface area contributed by atoms with Crippen LogP contribution in [0.4, 0.5) is 0 Å². The summed E-state index contributed by atoms with van der Waals surface area (Å²) < 4.78 is 0. The van der Waals surface area contributed by atoms with Gasteiger partial charge in [-0.3, -0.25) is 14.9 Å². The minimum Gasteiger partial charge on any atom is -0.299 e. The molecule has 0 amide bonds. The maximum Gasteiger partial charge on any atom is 0.219 e. The molecule has 0 aromatic rings. The summed E-state index contributed by atoms with van der Waals surface area (Å²) in [5.74, 6) is 1.18. The van der Waals surface area contributed by atoms with Crippen LogP contribution in [0.25, 0.3) is 0 Å². The highest BCUT2D eigenvalue weighted by Crippen LogP contribution is 2.61. The molecule has 0 aromatic heterocycles.